The summed E-state index contributed by atoms with van der Waals surface area (Å²) in [5.41, 5.74) is 3.05. The van der Waals surface area contributed by atoms with Crippen molar-refractivity contribution >= 4 is 50.5 Å². The molecule has 4 aromatic rings. The molecule has 0 aliphatic heterocycles. The summed E-state index contributed by atoms with van der Waals surface area (Å²) < 4.78 is 7.92. The maximum absolute atomic E-state index is 12.7. The van der Waals surface area contributed by atoms with Crippen molar-refractivity contribution < 1.29 is 4.79 Å². The number of imidazole rings is 1. The molecule has 1 aliphatic carbocycles. The van der Waals surface area contributed by atoms with Gasteiger partial charge < -0.3 is 19.8 Å². The van der Waals surface area contributed by atoms with E-state index in [0.717, 1.165) is 34.9 Å². The minimum atomic E-state index is -0.0497. The number of carbonyl (C=O) groups is 1. The van der Waals surface area contributed by atoms with E-state index in [1.165, 1.54) is 17.9 Å². The van der Waals surface area contributed by atoms with Crippen molar-refractivity contribution in [2.24, 2.45) is 7.05 Å². The average molecular weight is 382 g/mol. The van der Waals surface area contributed by atoms with Crippen LogP contribution >= 0.6 is 11.5 Å². The van der Waals surface area contributed by atoms with E-state index in [-0.39, 0.29) is 5.91 Å². The quantitative estimate of drug-likeness (QED) is 0.550. The van der Waals surface area contributed by atoms with Crippen LogP contribution in [0.3, 0.4) is 0 Å². The Morgan fingerprint density at radius 1 is 1.37 bits per heavy atom. The molecule has 0 radical (unpaired) electrons. The lowest BCUT2D eigenvalue weighted by Gasteiger charge is -2.09. The fourth-order valence-electron chi connectivity index (χ4n) is 3.33. The first-order valence-electron chi connectivity index (χ1n) is 8.84. The Bertz CT molecular complexity index is 1160. The summed E-state index contributed by atoms with van der Waals surface area (Å²) >= 11 is 1.25. The van der Waals surface area contributed by atoms with Gasteiger partial charge in [-0.05, 0) is 25.8 Å². The Kier molecular flexibility index (Phi) is 3.61. The first-order valence-corrected chi connectivity index (χ1v) is 9.62. The highest BCUT2D eigenvalue weighted by atomic mass is 32.1. The number of nitrogens with zero attached hydrogens (tertiary/aromatic N) is 6. The second kappa shape index (κ2) is 6.02. The van der Waals surface area contributed by atoms with Crippen LogP contribution in [0.25, 0.3) is 22.1 Å². The third-order valence-electron chi connectivity index (χ3n) is 4.75. The molecule has 138 valence electrons. The number of pyridine rings is 1. The molecule has 10 heteroatoms. The van der Waals surface area contributed by atoms with Crippen LogP contribution < -0.4 is 10.6 Å². The smallest absolute Gasteiger partial charge is 0.268 e. The molecule has 27 heavy (non-hydrogen) atoms. The third kappa shape index (κ3) is 2.64. The fraction of sp³-hybridized carbons (Fsp3) is 0.353. The number of amides is 1. The molecule has 2 N–H and O–H groups in total. The summed E-state index contributed by atoms with van der Waals surface area (Å²) in [5.74, 6) is 0.558. The van der Waals surface area contributed by atoms with Crippen LogP contribution in [0.15, 0.2) is 18.7 Å². The Morgan fingerprint density at radius 3 is 2.93 bits per heavy atom. The van der Waals surface area contributed by atoms with E-state index < -0.39 is 0 Å². The van der Waals surface area contributed by atoms with Crippen molar-refractivity contribution in [1.29, 1.82) is 0 Å². The van der Waals surface area contributed by atoms with E-state index in [2.05, 4.69) is 25.0 Å². The second-order valence-corrected chi connectivity index (χ2v) is 7.42. The molecule has 0 saturated heterocycles. The summed E-state index contributed by atoms with van der Waals surface area (Å²) in [5, 5.41) is 7.84. The predicted octanol–water partition coefficient (Wildman–Crippen LogP) is 2.43. The molecule has 1 fully saturated rings. The molecule has 0 bridgehead atoms. The first-order chi connectivity index (χ1) is 13.2. The van der Waals surface area contributed by atoms with Gasteiger partial charge in [0.2, 0.25) is 5.13 Å². The third-order valence-corrected chi connectivity index (χ3v) is 5.33. The van der Waals surface area contributed by atoms with Gasteiger partial charge in [-0.15, -0.1) is 0 Å². The van der Waals surface area contributed by atoms with Gasteiger partial charge in [-0.3, -0.25) is 4.79 Å². The van der Waals surface area contributed by atoms with Gasteiger partial charge in [0, 0.05) is 36.6 Å². The zero-order valence-electron chi connectivity index (χ0n) is 14.9. The zero-order chi connectivity index (χ0) is 18.5. The molecule has 4 heterocycles. The number of hydrogen-bond acceptors (Lipinski definition) is 7. The van der Waals surface area contributed by atoms with E-state index in [1.807, 2.05) is 29.2 Å². The summed E-state index contributed by atoms with van der Waals surface area (Å²) in [4.78, 5) is 26.2. The molecule has 9 nitrogen and oxygen atoms in total. The van der Waals surface area contributed by atoms with E-state index in [9.17, 15) is 4.79 Å². The van der Waals surface area contributed by atoms with Gasteiger partial charge in [-0.2, -0.15) is 4.37 Å². The van der Waals surface area contributed by atoms with Crippen molar-refractivity contribution in [1.82, 2.24) is 33.8 Å². The molecule has 1 amide bonds. The van der Waals surface area contributed by atoms with Gasteiger partial charge in [-0.25, -0.2) is 15.0 Å². The Balaban J connectivity index is 1.73. The second-order valence-electron chi connectivity index (χ2n) is 6.64. The minimum Gasteiger partial charge on any atom is -0.348 e. The van der Waals surface area contributed by atoms with E-state index in [1.54, 1.807) is 6.33 Å². The molecule has 4 aromatic heterocycles. The van der Waals surface area contributed by atoms with Crippen LogP contribution in [-0.2, 0) is 13.6 Å². The van der Waals surface area contributed by atoms with Gasteiger partial charge >= 0.3 is 0 Å². The number of aromatic nitrogens is 6. The molecular weight excluding hydrogens is 364 g/mol. The maximum atomic E-state index is 12.7. The Labute approximate surface area is 158 Å². The predicted molar refractivity (Wildman–Crippen MR) is 103 cm³/mol. The van der Waals surface area contributed by atoms with Gasteiger partial charge in [-0.1, -0.05) is 0 Å². The van der Waals surface area contributed by atoms with Crippen molar-refractivity contribution in [3.05, 3.63) is 24.4 Å². The summed E-state index contributed by atoms with van der Waals surface area (Å²) in [6, 6.07) is 2.22. The highest BCUT2D eigenvalue weighted by molar-refractivity contribution is 7.09. The monoisotopic (exact) mass is 382 g/mol. The van der Waals surface area contributed by atoms with Crippen LogP contribution in [0.1, 0.15) is 30.3 Å². The first kappa shape index (κ1) is 16.2. The van der Waals surface area contributed by atoms with E-state index in [0.29, 0.717) is 29.2 Å². The zero-order valence-corrected chi connectivity index (χ0v) is 15.7. The highest BCUT2D eigenvalue weighted by Crippen LogP contribution is 2.32. The fourth-order valence-corrected chi connectivity index (χ4v) is 3.76. The topological polar surface area (TPSA) is 103 Å². The van der Waals surface area contributed by atoms with Crippen LogP contribution in [0.4, 0.5) is 10.9 Å². The van der Waals surface area contributed by atoms with E-state index >= 15 is 0 Å². The summed E-state index contributed by atoms with van der Waals surface area (Å²) in [6.45, 7) is 2.66. The van der Waals surface area contributed by atoms with Crippen LogP contribution in [0.5, 0.6) is 0 Å². The molecule has 0 atom stereocenters. The number of rotatable bonds is 5. The highest BCUT2D eigenvalue weighted by Gasteiger charge is 2.27. The number of aryl methyl sites for hydroxylation is 2. The summed E-state index contributed by atoms with van der Waals surface area (Å²) in [7, 11) is 1.94. The molecule has 0 aromatic carbocycles. The molecular formula is C17H18N8OS. The maximum Gasteiger partial charge on any atom is 0.268 e. The molecule has 0 spiro atoms. The normalized spacial score (nSPS) is 14.1. The SMILES string of the molecule is CCn1c(C(=O)NC2CC2)cc2c3c(ncn3C)c(Nc3ncns3)nc21. The number of hydrogen-bond donors (Lipinski definition) is 2. The molecule has 0 unspecified atom stereocenters. The van der Waals surface area contributed by atoms with Gasteiger partial charge in [0.25, 0.3) is 5.91 Å². The average Bonchev–Trinajstić information content (AvgIpc) is 3.06. The van der Waals surface area contributed by atoms with Crippen LogP contribution in [-0.4, -0.2) is 40.4 Å². The number of nitrogens with one attached hydrogen (secondary N) is 2. The number of anilines is 2. The number of fused-ring (bicyclic) bond motifs is 3. The van der Waals surface area contributed by atoms with Gasteiger partial charge in [0.05, 0.1) is 11.8 Å². The Morgan fingerprint density at radius 2 is 2.22 bits per heavy atom. The van der Waals surface area contributed by atoms with Crippen LogP contribution in [0.2, 0.25) is 0 Å². The van der Waals surface area contributed by atoms with Crippen LogP contribution in [0, 0.1) is 0 Å². The standard InChI is InChI=1S/C17H18N8OS/c1-3-25-11(16(26)21-9-4-5-9)6-10-13-12(19-8-24(13)2)14(22-15(10)25)23-17-18-7-20-27-17/h6-9H,3-5H2,1-2H3,(H,21,26)(H,18,20,22,23). The Hall–Kier alpha value is -3.01. The minimum absolute atomic E-state index is 0.0497. The lowest BCUT2D eigenvalue weighted by molar-refractivity contribution is 0.0942. The van der Waals surface area contributed by atoms with Crippen molar-refractivity contribution in [3.63, 3.8) is 0 Å². The molecule has 5 rings (SSSR count). The van der Waals surface area contributed by atoms with Gasteiger partial charge in [0.1, 0.15) is 23.2 Å². The largest absolute Gasteiger partial charge is 0.348 e. The molecule has 1 aliphatic rings. The summed E-state index contributed by atoms with van der Waals surface area (Å²) in [6.07, 6.45) is 5.36. The lowest BCUT2D eigenvalue weighted by Crippen LogP contribution is -2.27. The number of carbonyl (C=O) groups excluding carboxylic acids is 1. The molecule has 1 saturated carbocycles. The van der Waals surface area contributed by atoms with Crippen molar-refractivity contribution in [2.45, 2.75) is 32.4 Å². The lowest BCUT2D eigenvalue weighted by atomic mass is 10.2. The van der Waals surface area contributed by atoms with E-state index in [4.69, 9.17) is 4.98 Å². The van der Waals surface area contributed by atoms with Crippen molar-refractivity contribution in [3.8, 4) is 0 Å². The van der Waals surface area contributed by atoms with Crippen molar-refractivity contribution in [2.75, 3.05) is 5.32 Å². The van der Waals surface area contributed by atoms with Gasteiger partial charge in [0.15, 0.2) is 5.82 Å².